The summed E-state index contributed by atoms with van der Waals surface area (Å²) in [5.41, 5.74) is 2.46. The summed E-state index contributed by atoms with van der Waals surface area (Å²) >= 11 is 0. The van der Waals surface area contributed by atoms with Crippen molar-refractivity contribution in [1.82, 2.24) is 4.90 Å². The van der Waals surface area contributed by atoms with Gasteiger partial charge in [0, 0.05) is 19.1 Å². The van der Waals surface area contributed by atoms with Crippen LogP contribution in [-0.2, 0) is 22.5 Å². The SMILES string of the molecule is COc1ccc(CCO[C@@H]2CCCC[C@@H]2N2CC[C@H](OCc3ccccc3)C2)cc1OC. The van der Waals surface area contributed by atoms with Gasteiger partial charge in [-0.1, -0.05) is 49.2 Å². The van der Waals surface area contributed by atoms with E-state index >= 15 is 0 Å². The first-order chi connectivity index (χ1) is 15.8. The third-order valence-corrected chi connectivity index (χ3v) is 6.81. The lowest BCUT2D eigenvalue weighted by molar-refractivity contribution is -0.0352. The molecule has 2 aromatic rings. The second-order valence-electron chi connectivity index (χ2n) is 8.90. The molecule has 0 unspecified atom stereocenters. The lowest BCUT2D eigenvalue weighted by Gasteiger charge is -2.37. The first-order valence-electron chi connectivity index (χ1n) is 12.0. The van der Waals surface area contributed by atoms with Crippen molar-refractivity contribution in [3.8, 4) is 11.5 Å². The number of rotatable bonds is 10. The topological polar surface area (TPSA) is 40.2 Å². The zero-order valence-electron chi connectivity index (χ0n) is 19.5. The highest BCUT2D eigenvalue weighted by Crippen LogP contribution is 2.30. The van der Waals surface area contributed by atoms with Gasteiger partial charge < -0.3 is 18.9 Å². The van der Waals surface area contributed by atoms with Gasteiger partial charge in [0.2, 0.25) is 0 Å². The Morgan fingerprint density at radius 1 is 0.844 bits per heavy atom. The summed E-state index contributed by atoms with van der Waals surface area (Å²) in [5.74, 6) is 1.54. The number of nitrogens with zero attached hydrogens (tertiary/aromatic N) is 1. The quantitative estimate of drug-likeness (QED) is 0.528. The van der Waals surface area contributed by atoms with Gasteiger partial charge >= 0.3 is 0 Å². The monoisotopic (exact) mass is 439 g/mol. The molecule has 0 amide bonds. The van der Waals surface area contributed by atoms with Gasteiger partial charge in [0.1, 0.15) is 0 Å². The predicted molar refractivity (Wildman–Crippen MR) is 126 cm³/mol. The van der Waals surface area contributed by atoms with Gasteiger partial charge in [-0.15, -0.1) is 0 Å². The molecule has 174 valence electrons. The van der Waals surface area contributed by atoms with Crippen LogP contribution in [0.2, 0.25) is 0 Å². The van der Waals surface area contributed by atoms with Gasteiger partial charge in [-0.05, 0) is 48.9 Å². The van der Waals surface area contributed by atoms with Crippen molar-refractivity contribution in [2.24, 2.45) is 0 Å². The molecule has 1 saturated carbocycles. The molecule has 0 bridgehead atoms. The van der Waals surface area contributed by atoms with Crippen LogP contribution in [-0.4, -0.2) is 57.1 Å². The Hall–Kier alpha value is -2.08. The minimum absolute atomic E-state index is 0.316. The molecular formula is C27H37NO4. The number of hydrogen-bond acceptors (Lipinski definition) is 5. The third kappa shape index (κ3) is 6.03. The Balaban J connectivity index is 1.26. The van der Waals surface area contributed by atoms with Gasteiger partial charge in [-0.25, -0.2) is 0 Å². The van der Waals surface area contributed by atoms with E-state index in [1.165, 1.54) is 30.4 Å². The Labute approximate surface area is 192 Å². The fraction of sp³-hybridized carbons (Fsp3) is 0.556. The second kappa shape index (κ2) is 11.7. The van der Waals surface area contributed by atoms with Crippen molar-refractivity contribution in [2.45, 2.75) is 63.4 Å². The van der Waals surface area contributed by atoms with E-state index in [0.717, 1.165) is 50.5 Å². The van der Waals surface area contributed by atoms with E-state index in [-0.39, 0.29) is 0 Å². The molecule has 0 radical (unpaired) electrons. The van der Waals surface area contributed by atoms with Crippen molar-refractivity contribution in [3.63, 3.8) is 0 Å². The molecule has 5 heteroatoms. The summed E-state index contributed by atoms with van der Waals surface area (Å²) in [6, 6.07) is 17.1. The molecule has 5 nitrogen and oxygen atoms in total. The van der Waals surface area contributed by atoms with Crippen molar-refractivity contribution in [3.05, 3.63) is 59.7 Å². The van der Waals surface area contributed by atoms with Gasteiger partial charge in [0.05, 0.1) is 39.6 Å². The molecule has 32 heavy (non-hydrogen) atoms. The number of methoxy groups -OCH3 is 2. The van der Waals surface area contributed by atoms with Crippen LogP contribution in [0.5, 0.6) is 11.5 Å². The average molecular weight is 440 g/mol. The molecule has 0 spiro atoms. The first kappa shape index (κ1) is 23.1. The molecule has 1 heterocycles. The minimum atomic E-state index is 0.316. The number of likely N-dealkylation sites (tertiary alicyclic amines) is 1. The minimum Gasteiger partial charge on any atom is -0.493 e. The van der Waals surface area contributed by atoms with Crippen LogP contribution in [0.1, 0.15) is 43.2 Å². The van der Waals surface area contributed by atoms with Gasteiger partial charge in [0.25, 0.3) is 0 Å². The summed E-state index contributed by atoms with van der Waals surface area (Å²) < 4.78 is 23.4. The first-order valence-corrected chi connectivity index (χ1v) is 12.0. The normalized spacial score (nSPS) is 23.9. The molecular weight excluding hydrogens is 402 g/mol. The zero-order chi connectivity index (χ0) is 22.2. The molecule has 2 fully saturated rings. The van der Waals surface area contributed by atoms with Gasteiger partial charge in [-0.2, -0.15) is 0 Å². The lowest BCUT2D eigenvalue weighted by atomic mass is 9.91. The Morgan fingerprint density at radius 2 is 1.66 bits per heavy atom. The van der Waals surface area contributed by atoms with Crippen LogP contribution in [0.25, 0.3) is 0 Å². The van der Waals surface area contributed by atoms with Crippen molar-refractivity contribution in [1.29, 1.82) is 0 Å². The molecule has 2 aliphatic rings. The molecule has 3 atom stereocenters. The zero-order valence-corrected chi connectivity index (χ0v) is 19.5. The summed E-state index contributed by atoms with van der Waals surface area (Å²) in [6.45, 7) is 3.57. The maximum absolute atomic E-state index is 6.45. The Bertz CT molecular complexity index is 828. The standard InChI is InChI=1S/C27H37NO4/c1-29-26-13-12-21(18-27(26)30-2)15-17-31-25-11-7-6-10-24(25)28-16-14-23(19-28)32-20-22-8-4-3-5-9-22/h3-5,8-9,12-13,18,23-25H,6-7,10-11,14-17,19-20H2,1-2H3/t23-,24-,25+/m0/s1. The summed E-state index contributed by atoms with van der Waals surface area (Å²) in [5, 5.41) is 0. The van der Waals surface area contributed by atoms with Crippen LogP contribution in [0.15, 0.2) is 48.5 Å². The lowest BCUT2D eigenvalue weighted by Crippen LogP contribution is -2.46. The van der Waals surface area contributed by atoms with E-state index in [0.29, 0.717) is 24.9 Å². The molecule has 0 N–H and O–H groups in total. The average Bonchev–Trinajstić information content (AvgIpc) is 3.32. The maximum atomic E-state index is 6.45. The van der Waals surface area contributed by atoms with Crippen molar-refractivity contribution >= 4 is 0 Å². The van der Waals surface area contributed by atoms with E-state index in [4.69, 9.17) is 18.9 Å². The Kier molecular flexibility index (Phi) is 8.43. The van der Waals surface area contributed by atoms with Gasteiger partial charge in [0.15, 0.2) is 11.5 Å². The third-order valence-electron chi connectivity index (χ3n) is 6.81. The number of ether oxygens (including phenoxy) is 4. The molecule has 1 saturated heterocycles. The van der Waals surface area contributed by atoms with E-state index in [9.17, 15) is 0 Å². The molecule has 0 aromatic heterocycles. The van der Waals surface area contributed by atoms with E-state index in [1.807, 2.05) is 6.07 Å². The van der Waals surface area contributed by atoms with Gasteiger partial charge in [-0.3, -0.25) is 4.90 Å². The maximum Gasteiger partial charge on any atom is 0.160 e. The molecule has 2 aromatic carbocycles. The number of benzene rings is 2. The van der Waals surface area contributed by atoms with Crippen LogP contribution < -0.4 is 9.47 Å². The predicted octanol–water partition coefficient (Wildman–Crippen LogP) is 4.87. The fourth-order valence-electron chi connectivity index (χ4n) is 5.03. The molecule has 1 aliphatic heterocycles. The van der Waals surface area contributed by atoms with Crippen LogP contribution in [0, 0.1) is 0 Å². The smallest absolute Gasteiger partial charge is 0.160 e. The fourth-order valence-corrected chi connectivity index (χ4v) is 5.03. The van der Waals surface area contributed by atoms with E-state index in [2.05, 4.69) is 47.4 Å². The van der Waals surface area contributed by atoms with E-state index < -0.39 is 0 Å². The largest absolute Gasteiger partial charge is 0.493 e. The summed E-state index contributed by atoms with van der Waals surface area (Å²) in [6.07, 6.45) is 7.58. The molecule has 1 aliphatic carbocycles. The summed E-state index contributed by atoms with van der Waals surface area (Å²) in [4.78, 5) is 2.62. The number of hydrogen-bond donors (Lipinski definition) is 0. The highest BCUT2D eigenvalue weighted by atomic mass is 16.5. The van der Waals surface area contributed by atoms with Crippen molar-refractivity contribution in [2.75, 3.05) is 33.9 Å². The van der Waals surface area contributed by atoms with Crippen molar-refractivity contribution < 1.29 is 18.9 Å². The highest BCUT2D eigenvalue weighted by Gasteiger charge is 2.35. The van der Waals surface area contributed by atoms with Crippen LogP contribution in [0.3, 0.4) is 0 Å². The van der Waals surface area contributed by atoms with E-state index in [1.54, 1.807) is 14.2 Å². The highest BCUT2D eigenvalue weighted by molar-refractivity contribution is 5.42. The van der Waals surface area contributed by atoms with Crippen LogP contribution >= 0.6 is 0 Å². The second-order valence-corrected chi connectivity index (χ2v) is 8.90. The molecule has 4 rings (SSSR count). The Morgan fingerprint density at radius 3 is 2.47 bits per heavy atom. The summed E-state index contributed by atoms with van der Waals surface area (Å²) in [7, 11) is 3.34. The van der Waals surface area contributed by atoms with Crippen LogP contribution in [0.4, 0.5) is 0 Å².